The van der Waals surface area contributed by atoms with Crippen LogP contribution in [0.3, 0.4) is 0 Å². The van der Waals surface area contributed by atoms with Crippen molar-refractivity contribution in [2.24, 2.45) is 0 Å². The number of rotatable bonds is 12. The van der Waals surface area contributed by atoms with Crippen molar-refractivity contribution in [2.45, 2.75) is 18.2 Å². The monoisotopic (exact) mass is 521 g/mol. The summed E-state index contributed by atoms with van der Waals surface area (Å²) in [7, 11) is -0.231. The first kappa shape index (κ1) is 25.3. The van der Waals surface area contributed by atoms with E-state index in [1.807, 2.05) is 42.7 Å². The van der Waals surface area contributed by atoms with Crippen LogP contribution < -0.4 is 10.0 Å². The van der Waals surface area contributed by atoms with E-state index < -0.39 is 27.9 Å². The van der Waals surface area contributed by atoms with Crippen LogP contribution in [0.4, 0.5) is 5.13 Å². The first-order chi connectivity index (χ1) is 16.0. The van der Waals surface area contributed by atoms with Crippen LogP contribution in [0.2, 0.25) is 0 Å². The van der Waals surface area contributed by atoms with E-state index in [1.165, 1.54) is 33.9 Å². The highest BCUT2D eigenvalue weighted by molar-refractivity contribution is 8.69. The Morgan fingerprint density at radius 3 is 2.64 bits per heavy atom. The first-order valence-electron chi connectivity index (χ1n) is 9.90. The van der Waals surface area contributed by atoms with Gasteiger partial charge in [0.25, 0.3) is 5.91 Å². The highest BCUT2D eigenvalue weighted by Crippen LogP contribution is 2.32. The summed E-state index contributed by atoms with van der Waals surface area (Å²) in [4.78, 5) is 28.9. The molecule has 3 rings (SSSR count). The van der Waals surface area contributed by atoms with E-state index in [2.05, 4.69) is 15.0 Å². The Kier molecular flexibility index (Phi) is 9.79. The molecular formula is C22H23N3O4S4. The molecule has 0 bridgehead atoms. The number of nitrogens with zero attached hydrogens (tertiary/aromatic N) is 1. The number of carboxylic acid groups (broad SMARTS) is 1. The third-order valence-electron chi connectivity index (χ3n) is 4.60. The predicted molar refractivity (Wildman–Crippen MR) is 139 cm³/mol. The molecule has 3 N–H and O–H groups in total. The quantitative estimate of drug-likeness (QED) is 0.297. The van der Waals surface area contributed by atoms with Crippen LogP contribution in [-0.2, 0) is 20.6 Å². The summed E-state index contributed by atoms with van der Waals surface area (Å²) in [6.45, 7) is 0. The zero-order chi connectivity index (χ0) is 23.6. The van der Waals surface area contributed by atoms with Gasteiger partial charge in [-0.25, -0.2) is 14.0 Å². The van der Waals surface area contributed by atoms with Gasteiger partial charge in [0.15, 0.2) is 15.1 Å². The summed E-state index contributed by atoms with van der Waals surface area (Å²) in [5.41, 5.74) is 2.73. The molecule has 33 heavy (non-hydrogen) atoms. The Hall–Kier alpha value is -2.34. The number of hydrogen-bond acceptors (Lipinski definition) is 7. The minimum absolute atomic E-state index is 0.333. The number of aromatic nitrogens is 1. The van der Waals surface area contributed by atoms with Gasteiger partial charge in [0.05, 0.1) is 0 Å². The molecule has 0 fully saturated rings. The van der Waals surface area contributed by atoms with Crippen molar-refractivity contribution in [1.82, 2.24) is 10.3 Å². The molecule has 2 aromatic carbocycles. The molecule has 3 aromatic rings. The van der Waals surface area contributed by atoms with Gasteiger partial charge < -0.3 is 10.4 Å². The molecule has 0 saturated carbocycles. The standard InChI is InChI=1S/C22H23N3O4S4/c1-30-12-10-18(21(27)28)24-20(26)17-9-5-8-16(19(17)15-6-3-2-4-7-15)14-32-33(29)25-22-23-11-13-31-22/h2-9,11,13,18H,10,12,14H2,1H3,(H,23,25)(H,24,26)(H,27,28)/t18-,33?/m0/s1. The van der Waals surface area contributed by atoms with Gasteiger partial charge in [-0.3, -0.25) is 9.52 Å². The van der Waals surface area contributed by atoms with Gasteiger partial charge in [-0.2, -0.15) is 11.8 Å². The van der Waals surface area contributed by atoms with Crippen LogP contribution in [0.5, 0.6) is 0 Å². The van der Waals surface area contributed by atoms with Gasteiger partial charge in [0, 0.05) is 22.9 Å². The highest BCUT2D eigenvalue weighted by atomic mass is 33.1. The van der Waals surface area contributed by atoms with Crippen molar-refractivity contribution < 1.29 is 18.9 Å². The van der Waals surface area contributed by atoms with Gasteiger partial charge >= 0.3 is 5.97 Å². The van der Waals surface area contributed by atoms with Gasteiger partial charge in [-0.05, 0) is 52.0 Å². The normalized spacial score (nSPS) is 12.6. The lowest BCUT2D eigenvalue weighted by atomic mass is 9.94. The number of benzene rings is 2. The maximum absolute atomic E-state index is 13.2. The molecule has 0 spiro atoms. The van der Waals surface area contributed by atoms with Crippen LogP contribution in [-0.4, -0.2) is 44.2 Å². The van der Waals surface area contributed by atoms with E-state index in [9.17, 15) is 18.9 Å². The number of carboxylic acids is 1. The number of hydrogen-bond donors (Lipinski definition) is 3. The fraction of sp³-hybridized carbons (Fsp3) is 0.227. The summed E-state index contributed by atoms with van der Waals surface area (Å²) < 4.78 is 15.3. The fourth-order valence-corrected chi connectivity index (χ4v) is 6.34. The first-order valence-corrected chi connectivity index (χ1v) is 14.8. The molecule has 2 atom stereocenters. The molecule has 174 valence electrons. The van der Waals surface area contributed by atoms with Crippen molar-refractivity contribution in [3.8, 4) is 11.1 Å². The van der Waals surface area contributed by atoms with Crippen molar-refractivity contribution in [2.75, 3.05) is 16.7 Å². The molecule has 0 saturated heterocycles. The lowest BCUT2D eigenvalue weighted by molar-refractivity contribution is -0.139. The molecule has 0 aliphatic heterocycles. The topological polar surface area (TPSA) is 108 Å². The molecule has 11 heteroatoms. The number of amides is 1. The Morgan fingerprint density at radius 2 is 1.97 bits per heavy atom. The maximum Gasteiger partial charge on any atom is 0.326 e. The Bertz CT molecular complexity index is 1090. The van der Waals surface area contributed by atoms with E-state index in [4.69, 9.17) is 0 Å². The van der Waals surface area contributed by atoms with Crippen LogP contribution in [0.15, 0.2) is 60.1 Å². The second-order valence-corrected chi connectivity index (χ2v) is 11.5. The molecule has 0 aliphatic carbocycles. The number of aliphatic carboxylic acids is 1. The van der Waals surface area contributed by atoms with E-state index in [-0.39, 0.29) is 0 Å². The minimum atomic E-state index is -1.42. The van der Waals surface area contributed by atoms with Gasteiger partial charge in [0.1, 0.15) is 6.04 Å². The summed E-state index contributed by atoms with van der Waals surface area (Å²) in [5.74, 6) is -0.506. The molecule has 0 aliphatic rings. The third-order valence-corrected chi connectivity index (χ3v) is 8.31. The van der Waals surface area contributed by atoms with E-state index in [1.54, 1.807) is 23.7 Å². The second-order valence-electron chi connectivity index (χ2n) is 6.79. The van der Waals surface area contributed by atoms with Gasteiger partial charge in [-0.1, -0.05) is 42.5 Å². The minimum Gasteiger partial charge on any atom is -0.480 e. The number of thiazole rings is 1. The Balaban J connectivity index is 1.86. The SMILES string of the molecule is CSCC[C@H](NC(=O)c1cccc(CSS(=O)Nc2nccs2)c1-c1ccccc1)C(=O)O. The molecule has 0 radical (unpaired) electrons. The smallest absolute Gasteiger partial charge is 0.326 e. The molecule has 1 aromatic heterocycles. The lowest BCUT2D eigenvalue weighted by Gasteiger charge is -2.18. The number of thioether (sulfide) groups is 1. The number of nitrogens with one attached hydrogen (secondary N) is 2. The Morgan fingerprint density at radius 1 is 1.18 bits per heavy atom. The molecular weight excluding hydrogens is 499 g/mol. The second kappa shape index (κ2) is 12.8. The van der Waals surface area contributed by atoms with Crippen LogP contribution in [0, 0.1) is 0 Å². The number of carbonyl (C=O) groups excluding carboxylic acids is 1. The van der Waals surface area contributed by atoms with Crippen LogP contribution in [0.25, 0.3) is 11.1 Å². The van der Waals surface area contributed by atoms with Crippen LogP contribution >= 0.6 is 33.9 Å². The zero-order valence-corrected chi connectivity index (χ0v) is 21.0. The van der Waals surface area contributed by atoms with E-state index in [0.29, 0.717) is 34.2 Å². The van der Waals surface area contributed by atoms with Crippen molar-refractivity contribution in [1.29, 1.82) is 0 Å². The van der Waals surface area contributed by atoms with Gasteiger partial charge in [0.2, 0.25) is 0 Å². The summed E-state index contributed by atoms with van der Waals surface area (Å²) in [6, 6.07) is 13.8. The summed E-state index contributed by atoms with van der Waals surface area (Å²) >= 11 is 2.89. The van der Waals surface area contributed by atoms with Crippen molar-refractivity contribution in [3.05, 3.63) is 71.2 Å². The maximum atomic E-state index is 13.2. The molecule has 1 unspecified atom stereocenters. The van der Waals surface area contributed by atoms with E-state index >= 15 is 0 Å². The molecule has 1 heterocycles. The fourth-order valence-electron chi connectivity index (χ4n) is 3.08. The highest BCUT2D eigenvalue weighted by Gasteiger charge is 2.23. The van der Waals surface area contributed by atoms with Crippen LogP contribution in [0.1, 0.15) is 22.3 Å². The van der Waals surface area contributed by atoms with Crippen molar-refractivity contribution in [3.63, 3.8) is 0 Å². The van der Waals surface area contributed by atoms with E-state index in [0.717, 1.165) is 11.1 Å². The average molecular weight is 522 g/mol. The molecule has 7 nitrogen and oxygen atoms in total. The number of carbonyl (C=O) groups is 2. The number of anilines is 1. The average Bonchev–Trinajstić information content (AvgIpc) is 3.33. The van der Waals surface area contributed by atoms with Crippen molar-refractivity contribution >= 4 is 60.9 Å². The lowest BCUT2D eigenvalue weighted by Crippen LogP contribution is -2.41. The zero-order valence-electron chi connectivity index (χ0n) is 17.7. The summed E-state index contributed by atoms with van der Waals surface area (Å²) in [5, 5.41) is 14.5. The molecule has 1 amide bonds. The van der Waals surface area contributed by atoms with Gasteiger partial charge in [-0.15, -0.1) is 11.3 Å². The third kappa shape index (κ3) is 7.32. The Labute approximate surface area is 206 Å². The largest absolute Gasteiger partial charge is 0.480 e. The predicted octanol–water partition coefficient (Wildman–Crippen LogP) is 4.67. The summed E-state index contributed by atoms with van der Waals surface area (Å²) in [6.07, 6.45) is 3.86.